The monoisotopic (exact) mass is 523 g/mol. The molecule has 1 aromatic heterocycles. The van der Waals surface area contributed by atoms with E-state index in [1.807, 2.05) is 59.3 Å². The van der Waals surface area contributed by atoms with Crippen molar-refractivity contribution in [3.05, 3.63) is 71.4 Å². The fourth-order valence-corrected chi connectivity index (χ4v) is 6.62. The van der Waals surface area contributed by atoms with Gasteiger partial charge in [-0.3, -0.25) is 4.68 Å². The molecule has 1 heterocycles. The van der Waals surface area contributed by atoms with Crippen molar-refractivity contribution in [2.75, 3.05) is 14.2 Å². The van der Waals surface area contributed by atoms with Crippen LogP contribution in [-0.2, 0) is 23.1 Å². The number of nitrogens with zero attached hydrogens (tertiary/aromatic N) is 3. The molecule has 2 fully saturated rings. The van der Waals surface area contributed by atoms with E-state index in [0.29, 0.717) is 17.9 Å². The van der Waals surface area contributed by atoms with Gasteiger partial charge in [-0.25, -0.2) is 8.42 Å². The molecule has 0 N–H and O–H groups in total. The van der Waals surface area contributed by atoms with Crippen LogP contribution in [0.25, 0.3) is 0 Å². The molecule has 1 unspecified atom stereocenters. The Morgan fingerprint density at radius 1 is 0.919 bits per heavy atom. The van der Waals surface area contributed by atoms with Gasteiger partial charge in [0.05, 0.1) is 20.3 Å². The van der Waals surface area contributed by atoms with Crippen LogP contribution in [0.3, 0.4) is 0 Å². The van der Waals surface area contributed by atoms with Crippen LogP contribution < -0.4 is 9.47 Å². The van der Waals surface area contributed by atoms with Gasteiger partial charge in [0, 0.05) is 30.8 Å². The summed E-state index contributed by atoms with van der Waals surface area (Å²) in [5.74, 6) is 2.47. The topological polar surface area (TPSA) is 73.7 Å². The average Bonchev–Trinajstić information content (AvgIpc) is 3.64. The first-order valence-corrected chi connectivity index (χ1v) is 14.7. The zero-order valence-electron chi connectivity index (χ0n) is 22.0. The molecule has 1 atom stereocenters. The Morgan fingerprint density at radius 2 is 1.46 bits per heavy atom. The average molecular weight is 524 g/mol. The van der Waals surface area contributed by atoms with Gasteiger partial charge < -0.3 is 9.47 Å². The fraction of sp³-hybridized carbons (Fsp3) is 0.483. The van der Waals surface area contributed by atoms with Crippen LogP contribution in [0.2, 0.25) is 0 Å². The molecule has 0 bridgehead atoms. The lowest BCUT2D eigenvalue weighted by Crippen LogP contribution is -2.30. The predicted molar refractivity (Wildman–Crippen MR) is 143 cm³/mol. The summed E-state index contributed by atoms with van der Waals surface area (Å²) in [7, 11) is -0.611. The van der Waals surface area contributed by atoms with Crippen molar-refractivity contribution in [1.29, 1.82) is 0 Å². The third kappa shape index (κ3) is 5.55. The maximum absolute atomic E-state index is 14.2. The van der Waals surface area contributed by atoms with Crippen molar-refractivity contribution in [2.45, 2.75) is 75.5 Å². The third-order valence-corrected chi connectivity index (χ3v) is 9.48. The summed E-state index contributed by atoms with van der Waals surface area (Å²) in [6, 6.07) is 17.3. The number of sulfonamides is 1. The molecule has 2 saturated carbocycles. The third-order valence-electron chi connectivity index (χ3n) is 7.81. The van der Waals surface area contributed by atoms with Crippen LogP contribution in [0.1, 0.15) is 74.2 Å². The minimum Gasteiger partial charge on any atom is -0.497 e. The van der Waals surface area contributed by atoms with Crippen molar-refractivity contribution >= 4 is 10.0 Å². The molecular formula is C29H37N3O4S. The largest absolute Gasteiger partial charge is 0.497 e. The second kappa shape index (κ2) is 10.9. The molecule has 37 heavy (non-hydrogen) atoms. The summed E-state index contributed by atoms with van der Waals surface area (Å²) in [5, 5.41) is 4.92. The van der Waals surface area contributed by atoms with E-state index in [0.717, 1.165) is 47.6 Å². The minimum absolute atomic E-state index is 0.161. The maximum atomic E-state index is 14.2. The first-order valence-electron chi connectivity index (χ1n) is 13.3. The van der Waals surface area contributed by atoms with Crippen molar-refractivity contribution in [3.8, 4) is 11.5 Å². The number of rotatable bonds is 12. The van der Waals surface area contributed by atoms with Gasteiger partial charge in [0.2, 0.25) is 0 Å². The highest BCUT2D eigenvalue weighted by molar-refractivity contribution is 7.89. The van der Waals surface area contributed by atoms with Crippen LogP contribution >= 0.6 is 0 Å². The van der Waals surface area contributed by atoms with Crippen LogP contribution in [0.5, 0.6) is 11.5 Å². The van der Waals surface area contributed by atoms with Crippen molar-refractivity contribution in [1.82, 2.24) is 14.1 Å². The molecule has 5 rings (SSSR count). The second-order valence-electron chi connectivity index (χ2n) is 10.3. The van der Waals surface area contributed by atoms with Gasteiger partial charge in [0.25, 0.3) is 10.0 Å². The highest BCUT2D eigenvalue weighted by Crippen LogP contribution is 2.45. The molecule has 0 spiro atoms. The van der Waals surface area contributed by atoms with E-state index in [9.17, 15) is 8.42 Å². The van der Waals surface area contributed by atoms with Crippen molar-refractivity contribution < 1.29 is 17.9 Å². The van der Waals surface area contributed by atoms with Gasteiger partial charge in [-0.15, -0.1) is 0 Å². The molecule has 0 aliphatic heterocycles. The van der Waals surface area contributed by atoms with E-state index in [-0.39, 0.29) is 18.1 Å². The van der Waals surface area contributed by atoms with E-state index in [1.165, 1.54) is 23.6 Å². The summed E-state index contributed by atoms with van der Waals surface area (Å²) >= 11 is 0. The molecular weight excluding hydrogens is 486 g/mol. The molecule has 0 radical (unpaired) electrons. The molecule has 198 valence electrons. The number of hydrogen-bond acceptors (Lipinski definition) is 5. The zero-order chi connectivity index (χ0) is 26.0. The molecule has 2 aliphatic carbocycles. The number of aromatic nitrogens is 2. The smallest absolute Gasteiger partial charge is 0.262 e. The number of benzene rings is 2. The molecule has 7 nitrogen and oxygen atoms in total. The standard InChI is InChI=1S/C29H37N3O4S/c1-4-27(23-6-5-7-23)28-18-29(30-32(28)24-12-13-24)37(33,34)31(19-21-8-14-25(35-2)15-9-21)20-22-10-16-26(36-3)17-11-22/h8-11,14-18,23-24,27H,4-7,12-13,19-20H2,1-3H3. The highest BCUT2D eigenvalue weighted by atomic mass is 32.2. The van der Waals surface area contributed by atoms with Gasteiger partial charge in [-0.1, -0.05) is 37.6 Å². The minimum atomic E-state index is -3.85. The van der Waals surface area contributed by atoms with Crippen LogP contribution in [0.4, 0.5) is 0 Å². The first kappa shape index (κ1) is 25.8. The Hall–Kier alpha value is -2.84. The van der Waals surface area contributed by atoms with E-state index in [2.05, 4.69) is 6.92 Å². The van der Waals surface area contributed by atoms with Gasteiger partial charge in [0.15, 0.2) is 5.03 Å². The van der Waals surface area contributed by atoms with Gasteiger partial charge >= 0.3 is 0 Å². The molecule has 0 saturated heterocycles. The summed E-state index contributed by atoms with van der Waals surface area (Å²) in [5.41, 5.74) is 2.88. The van der Waals surface area contributed by atoms with E-state index < -0.39 is 10.0 Å². The lowest BCUT2D eigenvalue weighted by molar-refractivity contribution is 0.246. The molecule has 2 aliphatic rings. The van der Waals surface area contributed by atoms with Gasteiger partial charge in [-0.05, 0) is 73.4 Å². The second-order valence-corrected chi connectivity index (χ2v) is 12.1. The Labute approximate surface area is 220 Å². The number of ether oxygens (including phenoxy) is 2. The van der Waals surface area contributed by atoms with Crippen LogP contribution in [0, 0.1) is 5.92 Å². The molecule has 8 heteroatoms. The number of hydrogen-bond donors (Lipinski definition) is 0. The summed E-state index contributed by atoms with van der Waals surface area (Å²) in [4.78, 5) is 0. The first-order chi connectivity index (χ1) is 17.9. The van der Waals surface area contributed by atoms with E-state index >= 15 is 0 Å². The van der Waals surface area contributed by atoms with E-state index in [4.69, 9.17) is 14.6 Å². The van der Waals surface area contributed by atoms with Crippen LogP contribution in [-0.4, -0.2) is 36.7 Å². The fourth-order valence-electron chi connectivity index (χ4n) is 5.25. The number of methoxy groups -OCH3 is 2. The van der Waals surface area contributed by atoms with E-state index in [1.54, 1.807) is 14.2 Å². The highest BCUT2D eigenvalue weighted by Gasteiger charge is 2.37. The van der Waals surface area contributed by atoms with Gasteiger partial charge in [-0.2, -0.15) is 9.40 Å². The SMILES string of the molecule is CCC(c1cc(S(=O)(=O)N(Cc2ccc(OC)cc2)Cc2ccc(OC)cc2)nn1C1CC1)C1CCC1. The van der Waals surface area contributed by atoms with Crippen LogP contribution in [0.15, 0.2) is 59.6 Å². The van der Waals surface area contributed by atoms with Crippen molar-refractivity contribution in [3.63, 3.8) is 0 Å². The summed E-state index contributed by atoms with van der Waals surface area (Å²) in [6.07, 6.45) is 6.84. The molecule has 0 amide bonds. The Morgan fingerprint density at radius 3 is 1.86 bits per heavy atom. The molecule has 3 aromatic rings. The Balaban J connectivity index is 1.49. The zero-order valence-corrected chi connectivity index (χ0v) is 22.8. The normalized spacial score (nSPS) is 17.0. The Bertz CT molecular complexity index is 1240. The lowest BCUT2D eigenvalue weighted by atomic mass is 9.73. The molecule has 2 aromatic carbocycles. The summed E-state index contributed by atoms with van der Waals surface area (Å²) in [6.45, 7) is 2.69. The predicted octanol–water partition coefficient (Wildman–Crippen LogP) is 5.92. The lowest BCUT2D eigenvalue weighted by Gasteiger charge is -2.33. The maximum Gasteiger partial charge on any atom is 0.262 e. The summed E-state index contributed by atoms with van der Waals surface area (Å²) < 4.78 is 42.5. The Kier molecular flexibility index (Phi) is 7.58. The van der Waals surface area contributed by atoms with Crippen molar-refractivity contribution in [2.24, 2.45) is 5.92 Å². The quantitative estimate of drug-likeness (QED) is 0.295. The van der Waals surface area contributed by atoms with Gasteiger partial charge in [0.1, 0.15) is 11.5 Å².